The monoisotopic (exact) mass is 320 g/mol. The van der Waals surface area contributed by atoms with Crippen molar-refractivity contribution in [2.24, 2.45) is 0 Å². The maximum absolute atomic E-state index is 13.5. The zero-order chi connectivity index (χ0) is 13.3. The Labute approximate surface area is 108 Å². The zero-order valence-corrected chi connectivity index (χ0v) is 10.3. The third kappa shape index (κ3) is 2.66. The van der Waals surface area contributed by atoms with Crippen molar-refractivity contribution in [1.82, 2.24) is 9.97 Å². The van der Waals surface area contributed by atoms with Gasteiger partial charge in [0, 0.05) is 16.2 Å². The third-order valence-corrected chi connectivity index (χ3v) is 2.61. The van der Waals surface area contributed by atoms with Gasteiger partial charge < -0.3 is 0 Å². The minimum absolute atomic E-state index is 0.0164. The fourth-order valence-electron chi connectivity index (χ4n) is 1.34. The van der Waals surface area contributed by atoms with Gasteiger partial charge in [-0.15, -0.1) is 0 Å². The van der Waals surface area contributed by atoms with Crippen LogP contribution in [0.4, 0.5) is 17.6 Å². The molecule has 0 fully saturated rings. The third-order valence-electron chi connectivity index (χ3n) is 2.11. The molecular formula is C11H5BrF4N2. The Balaban J connectivity index is 2.55. The predicted molar refractivity (Wildman–Crippen MR) is 60.1 cm³/mol. The Morgan fingerprint density at radius 1 is 1.11 bits per heavy atom. The van der Waals surface area contributed by atoms with E-state index in [1.807, 2.05) is 0 Å². The molecule has 0 atom stereocenters. The normalized spacial score (nSPS) is 11.6. The van der Waals surface area contributed by atoms with Crippen LogP contribution in [0.15, 0.2) is 34.9 Å². The molecule has 1 aromatic carbocycles. The van der Waals surface area contributed by atoms with Crippen molar-refractivity contribution in [1.29, 1.82) is 0 Å². The van der Waals surface area contributed by atoms with Crippen LogP contribution in [-0.4, -0.2) is 9.97 Å². The smallest absolute Gasteiger partial charge is 0.233 e. The molecule has 7 heteroatoms. The SMILES string of the molecule is Fc1ccc(Br)cc1-c1ccnc(C(F)(F)F)n1. The first kappa shape index (κ1) is 12.9. The van der Waals surface area contributed by atoms with Gasteiger partial charge in [-0.2, -0.15) is 13.2 Å². The Morgan fingerprint density at radius 3 is 2.50 bits per heavy atom. The molecule has 0 bridgehead atoms. The summed E-state index contributed by atoms with van der Waals surface area (Å²) in [7, 11) is 0. The van der Waals surface area contributed by atoms with E-state index in [1.54, 1.807) is 0 Å². The van der Waals surface area contributed by atoms with Crippen LogP contribution in [0.1, 0.15) is 5.82 Å². The van der Waals surface area contributed by atoms with Crippen molar-refractivity contribution in [2.75, 3.05) is 0 Å². The lowest BCUT2D eigenvalue weighted by Gasteiger charge is -2.07. The summed E-state index contributed by atoms with van der Waals surface area (Å²) in [6, 6.07) is 5.18. The first-order chi connectivity index (χ1) is 8.38. The molecule has 1 heterocycles. The van der Waals surface area contributed by atoms with Gasteiger partial charge in [-0.25, -0.2) is 14.4 Å². The summed E-state index contributed by atoms with van der Waals surface area (Å²) in [5.41, 5.74) is -0.131. The van der Waals surface area contributed by atoms with Gasteiger partial charge >= 0.3 is 6.18 Å². The Hall–Kier alpha value is -1.50. The fraction of sp³-hybridized carbons (Fsp3) is 0.0909. The van der Waals surface area contributed by atoms with Crippen molar-refractivity contribution < 1.29 is 17.6 Å². The van der Waals surface area contributed by atoms with E-state index in [4.69, 9.17) is 0 Å². The Morgan fingerprint density at radius 2 is 1.83 bits per heavy atom. The lowest BCUT2D eigenvalue weighted by molar-refractivity contribution is -0.144. The van der Waals surface area contributed by atoms with E-state index in [0.29, 0.717) is 4.47 Å². The van der Waals surface area contributed by atoms with Crippen LogP contribution < -0.4 is 0 Å². The zero-order valence-electron chi connectivity index (χ0n) is 8.67. The minimum Gasteiger partial charge on any atom is -0.233 e. The van der Waals surface area contributed by atoms with Gasteiger partial charge in [0.05, 0.1) is 5.69 Å². The Bertz CT molecular complexity index is 583. The number of hydrogen-bond donors (Lipinski definition) is 0. The topological polar surface area (TPSA) is 25.8 Å². The van der Waals surface area contributed by atoms with E-state index >= 15 is 0 Å². The van der Waals surface area contributed by atoms with Crippen LogP contribution in [0.3, 0.4) is 0 Å². The highest BCUT2D eigenvalue weighted by atomic mass is 79.9. The van der Waals surface area contributed by atoms with E-state index in [2.05, 4.69) is 25.9 Å². The standard InChI is InChI=1S/C11H5BrF4N2/c12-6-1-2-8(13)7(5-6)9-3-4-17-10(18-9)11(14,15)16/h1-5H. The molecule has 1 aromatic heterocycles. The van der Waals surface area contributed by atoms with Crippen LogP contribution in [0.5, 0.6) is 0 Å². The van der Waals surface area contributed by atoms with Crippen molar-refractivity contribution in [2.45, 2.75) is 6.18 Å². The predicted octanol–water partition coefficient (Wildman–Crippen LogP) is 4.06. The number of rotatable bonds is 1. The van der Waals surface area contributed by atoms with Crippen LogP contribution in [0.25, 0.3) is 11.3 Å². The molecule has 0 aliphatic heterocycles. The number of nitrogens with zero attached hydrogens (tertiary/aromatic N) is 2. The maximum atomic E-state index is 13.5. The highest BCUT2D eigenvalue weighted by Gasteiger charge is 2.34. The first-order valence-electron chi connectivity index (χ1n) is 4.73. The van der Waals surface area contributed by atoms with Gasteiger partial charge in [0.1, 0.15) is 5.82 Å². The summed E-state index contributed by atoms with van der Waals surface area (Å²) in [6.45, 7) is 0. The van der Waals surface area contributed by atoms with Crippen molar-refractivity contribution >= 4 is 15.9 Å². The number of halogens is 5. The highest BCUT2D eigenvalue weighted by Crippen LogP contribution is 2.29. The number of hydrogen-bond acceptors (Lipinski definition) is 2. The molecule has 2 aromatic rings. The number of alkyl halides is 3. The fourth-order valence-corrected chi connectivity index (χ4v) is 1.70. The Kier molecular flexibility index (Phi) is 3.34. The molecule has 2 rings (SSSR count). The molecule has 0 aliphatic carbocycles. The number of benzene rings is 1. The molecule has 94 valence electrons. The second-order valence-electron chi connectivity index (χ2n) is 3.39. The van der Waals surface area contributed by atoms with Gasteiger partial charge in [-0.3, -0.25) is 0 Å². The molecule has 0 amide bonds. The lowest BCUT2D eigenvalue weighted by Crippen LogP contribution is -2.11. The summed E-state index contributed by atoms with van der Waals surface area (Å²) in [4.78, 5) is 6.44. The largest absolute Gasteiger partial charge is 0.451 e. The van der Waals surface area contributed by atoms with Crippen molar-refractivity contribution in [3.05, 3.63) is 46.6 Å². The molecule has 0 N–H and O–H groups in total. The molecule has 0 saturated heterocycles. The average Bonchev–Trinajstić information content (AvgIpc) is 2.31. The summed E-state index contributed by atoms with van der Waals surface area (Å²) in [6.07, 6.45) is -3.70. The molecule has 2 nitrogen and oxygen atoms in total. The first-order valence-corrected chi connectivity index (χ1v) is 5.53. The van der Waals surface area contributed by atoms with E-state index < -0.39 is 17.8 Å². The lowest BCUT2D eigenvalue weighted by atomic mass is 10.1. The second kappa shape index (κ2) is 4.64. The van der Waals surface area contributed by atoms with Crippen molar-refractivity contribution in [3.8, 4) is 11.3 Å². The maximum Gasteiger partial charge on any atom is 0.451 e. The van der Waals surface area contributed by atoms with Crippen LogP contribution in [-0.2, 0) is 6.18 Å². The summed E-state index contributed by atoms with van der Waals surface area (Å²) < 4.78 is 51.4. The molecule has 0 spiro atoms. The van der Waals surface area contributed by atoms with Crippen LogP contribution >= 0.6 is 15.9 Å². The quantitative estimate of drug-likeness (QED) is 0.740. The molecule has 0 saturated carbocycles. The second-order valence-corrected chi connectivity index (χ2v) is 4.30. The van der Waals surface area contributed by atoms with E-state index in [-0.39, 0.29) is 11.3 Å². The van der Waals surface area contributed by atoms with E-state index in [9.17, 15) is 17.6 Å². The van der Waals surface area contributed by atoms with Crippen LogP contribution in [0.2, 0.25) is 0 Å². The van der Waals surface area contributed by atoms with Gasteiger partial charge in [0.25, 0.3) is 0 Å². The summed E-state index contributed by atoms with van der Waals surface area (Å²) >= 11 is 3.12. The van der Waals surface area contributed by atoms with Gasteiger partial charge in [-0.05, 0) is 24.3 Å². The number of aromatic nitrogens is 2. The summed E-state index contributed by atoms with van der Waals surface area (Å²) in [5, 5.41) is 0. The highest BCUT2D eigenvalue weighted by molar-refractivity contribution is 9.10. The molecule has 0 radical (unpaired) electrons. The van der Waals surface area contributed by atoms with Gasteiger partial charge in [0.2, 0.25) is 5.82 Å². The van der Waals surface area contributed by atoms with Gasteiger partial charge in [0.15, 0.2) is 0 Å². The summed E-state index contributed by atoms with van der Waals surface area (Å²) in [5.74, 6) is -1.94. The molecular weight excluding hydrogens is 316 g/mol. The minimum atomic E-state index is -4.65. The van der Waals surface area contributed by atoms with Crippen LogP contribution in [0, 0.1) is 5.82 Å². The molecule has 0 unspecified atom stereocenters. The van der Waals surface area contributed by atoms with E-state index in [0.717, 1.165) is 12.3 Å². The molecule has 18 heavy (non-hydrogen) atoms. The van der Waals surface area contributed by atoms with Crippen molar-refractivity contribution in [3.63, 3.8) is 0 Å². The molecule has 0 aliphatic rings. The van der Waals surface area contributed by atoms with Gasteiger partial charge in [-0.1, -0.05) is 15.9 Å². The van der Waals surface area contributed by atoms with E-state index in [1.165, 1.54) is 18.2 Å². The average molecular weight is 321 g/mol.